The zero-order valence-corrected chi connectivity index (χ0v) is 18.3. The van der Waals surface area contributed by atoms with Gasteiger partial charge in [0.2, 0.25) is 0 Å². The number of halogens is 2. The third-order valence-corrected chi connectivity index (χ3v) is 5.22. The number of hydrogen-bond acceptors (Lipinski definition) is 5. The molecule has 0 bridgehead atoms. The maximum atomic E-state index is 14.0. The number of nitrogens with zero attached hydrogens (tertiary/aromatic N) is 3. The number of hydrogen-bond donors (Lipinski definition) is 1. The lowest BCUT2D eigenvalue weighted by Gasteiger charge is -2.11. The first kappa shape index (κ1) is 20.8. The van der Waals surface area contributed by atoms with Gasteiger partial charge in [0.1, 0.15) is 17.3 Å². The van der Waals surface area contributed by atoms with Crippen LogP contribution in [0.1, 0.15) is 15.9 Å². The zero-order chi connectivity index (χ0) is 22.0. The number of benzene rings is 2. The Bertz CT molecular complexity index is 1280. The molecule has 0 fully saturated rings. The number of amides is 1. The monoisotopic (exact) mass is 484 g/mol. The minimum Gasteiger partial charge on any atom is -0.497 e. The van der Waals surface area contributed by atoms with Crippen molar-refractivity contribution in [2.75, 3.05) is 19.5 Å². The van der Waals surface area contributed by atoms with E-state index in [4.69, 9.17) is 9.47 Å². The van der Waals surface area contributed by atoms with Gasteiger partial charge in [-0.1, -0.05) is 15.9 Å². The molecule has 4 rings (SSSR count). The van der Waals surface area contributed by atoms with Gasteiger partial charge in [-0.15, -0.1) is 0 Å². The maximum Gasteiger partial charge on any atom is 0.257 e. The van der Waals surface area contributed by atoms with Crippen LogP contribution < -0.4 is 14.8 Å². The zero-order valence-electron chi connectivity index (χ0n) is 16.7. The molecule has 158 valence electrons. The van der Waals surface area contributed by atoms with E-state index in [0.29, 0.717) is 39.1 Å². The summed E-state index contributed by atoms with van der Waals surface area (Å²) in [7, 11) is 3.19. The molecular weight excluding hydrogens is 467 g/mol. The van der Waals surface area contributed by atoms with Crippen molar-refractivity contribution >= 4 is 38.6 Å². The van der Waals surface area contributed by atoms with Crippen molar-refractivity contribution in [3.8, 4) is 11.5 Å². The van der Waals surface area contributed by atoms with E-state index in [1.54, 1.807) is 43.3 Å². The smallest absolute Gasteiger partial charge is 0.257 e. The summed E-state index contributed by atoms with van der Waals surface area (Å²) in [5.41, 5.74) is 1.92. The summed E-state index contributed by atoms with van der Waals surface area (Å²) < 4.78 is 27.0. The Hall–Kier alpha value is -3.46. The van der Waals surface area contributed by atoms with E-state index in [1.165, 1.54) is 18.3 Å². The quantitative estimate of drug-likeness (QED) is 0.430. The summed E-state index contributed by atoms with van der Waals surface area (Å²) >= 11 is 3.19. The first-order valence-corrected chi connectivity index (χ1v) is 10.1. The van der Waals surface area contributed by atoms with Crippen molar-refractivity contribution in [2.45, 2.75) is 6.54 Å². The second-order valence-corrected chi connectivity index (χ2v) is 7.61. The Morgan fingerprint density at radius 1 is 1.13 bits per heavy atom. The first-order chi connectivity index (χ1) is 15.0. The van der Waals surface area contributed by atoms with Crippen LogP contribution in [0.4, 0.5) is 10.1 Å². The Kier molecular flexibility index (Phi) is 5.85. The van der Waals surface area contributed by atoms with E-state index in [2.05, 4.69) is 31.3 Å². The highest BCUT2D eigenvalue weighted by atomic mass is 79.9. The number of fused-ring (bicyclic) bond motifs is 1. The third kappa shape index (κ3) is 4.36. The molecule has 0 saturated heterocycles. The molecule has 2 heterocycles. The summed E-state index contributed by atoms with van der Waals surface area (Å²) in [6.45, 7) is 0.430. The van der Waals surface area contributed by atoms with Gasteiger partial charge in [-0.2, -0.15) is 5.10 Å². The number of ether oxygens (including phenoxy) is 2. The predicted molar refractivity (Wildman–Crippen MR) is 118 cm³/mol. The number of aromatic nitrogens is 3. The van der Waals surface area contributed by atoms with Crippen LogP contribution in [0.2, 0.25) is 0 Å². The maximum absolute atomic E-state index is 14.0. The van der Waals surface area contributed by atoms with Crippen molar-refractivity contribution < 1.29 is 18.7 Å². The molecule has 31 heavy (non-hydrogen) atoms. The van der Waals surface area contributed by atoms with Crippen LogP contribution >= 0.6 is 15.9 Å². The van der Waals surface area contributed by atoms with Crippen molar-refractivity contribution in [3.63, 3.8) is 0 Å². The van der Waals surface area contributed by atoms with E-state index in [-0.39, 0.29) is 5.69 Å². The predicted octanol–water partition coefficient (Wildman–Crippen LogP) is 4.65. The molecular formula is C22H18BrFN4O3. The van der Waals surface area contributed by atoms with Gasteiger partial charge in [-0.25, -0.2) is 14.1 Å². The van der Waals surface area contributed by atoms with Crippen molar-refractivity contribution in [1.82, 2.24) is 14.8 Å². The molecule has 0 atom stereocenters. The molecule has 0 aliphatic carbocycles. The van der Waals surface area contributed by atoms with Gasteiger partial charge in [0.25, 0.3) is 5.91 Å². The highest BCUT2D eigenvalue weighted by Gasteiger charge is 2.14. The molecule has 0 unspecified atom stereocenters. The number of carbonyl (C=O) groups excluding carboxylic acids is 1. The lowest BCUT2D eigenvalue weighted by Crippen LogP contribution is -2.13. The molecule has 7 nitrogen and oxygen atoms in total. The summed E-state index contributed by atoms with van der Waals surface area (Å²) in [4.78, 5) is 17.0. The summed E-state index contributed by atoms with van der Waals surface area (Å²) in [5, 5.41) is 7.64. The van der Waals surface area contributed by atoms with Gasteiger partial charge in [-0.05, 0) is 36.4 Å². The minimum absolute atomic E-state index is 0.0931. The van der Waals surface area contributed by atoms with Gasteiger partial charge in [0, 0.05) is 27.7 Å². The highest BCUT2D eigenvalue weighted by Crippen LogP contribution is 2.26. The molecule has 4 aromatic rings. The van der Waals surface area contributed by atoms with E-state index < -0.39 is 11.7 Å². The van der Waals surface area contributed by atoms with Gasteiger partial charge < -0.3 is 14.8 Å². The Balaban J connectivity index is 1.57. The number of methoxy groups -OCH3 is 2. The van der Waals surface area contributed by atoms with Crippen molar-refractivity contribution in [2.24, 2.45) is 0 Å². The summed E-state index contributed by atoms with van der Waals surface area (Å²) in [6, 6.07) is 11.7. The molecule has 9 heteroatoms. The minimum atomic E-state index is -0.530. The van der Waals surface area contributed by atoms with Gasteiger partial charge >= 0.3 is 0 Å². The van der Waals surface area contributed by atoms with Crippen LogP contribution in [-0.4, -0.2) is 34.9 Å². The molecule has 0 aliphatic rings. The Morgan fingerprint density at radius 3 is 2.71 bits per heavy atom. The third-order valence-electron chi connectivity index (χ3n) is 4.73. The second-order valence-electron chi connectivity index (χ2n) is 6.70. The molecule has 0 radical (unpaired) electrons. The van der Waals surface area contributed by atoms with Gasteiger partial charge in [-0.3, -0.25) is 4.79 Å². The number of pyridine rings is 1. The standard InChI is InChI=1S/C22H18BrFN4O3/c1-30-17-5-3-13(20(9-17)31-2)12-28-21-14(11-26-28)7-15(10-25-21)22(29)27-19-6-4-16(23)8-18(19)24/h3-11H,12H2,1-2H3,(H,27,29). The summed E-state index contributed by atoms with van der Waals surface area (Å²) in [6.07, 6.45) is 3.08. The van der Waals surface area contributed by atoms with Crippen molar-refractivity contribution in [3.05, 3.63) is 76.3 Å². The van der Waals surface area contributed by atoms with Crippen LogP contribution in [0.3, 0.4) is 0 Å². The van der Waals surface area contributed by atoms with Crippen LogP contribution in [0.15, 0.2) is 59.3 Å². The Labute approximate surface area is 185 Å². The largest absolute Gasteiger partial charge is 0.497 e. The average Bonchev–Trinajstić information content (AvgIpc) is 3.17. The van der Waals surface area contributed by atoms with E-state index >= 15 is 0 Å². The van der Waals surface area contributed by atoms with E-state index in [1.807, 2.05) is 12.1 Å². The fourth-order valence-electron chi connectivity index (χ4n) is 3.14. The van der Waals surface area contributed by atoms with Gasteiger partial charge in [0.15, 0.2) is 5.65 Å². The summed E-state index contributed by atoms with van der Waals surface area (Å²) in [5.74, 6) is 0.385. The molecule has 0 spiro atoms. The fraction of sp³-hybridized carbons (Fsp3) is 0.136. The number of carbonyl (C=O) groups is 1. The topological polar surface area (TPSA) is 78.3 Å². The first-order valence-electron chi connectivity index (χ1n) is 9.27. The molecule has 2 aromatic carbocycles. The molecule has 2 aromatic heterocycles. The second kappa shape index (κ2) is 8.73. The number of nitrogens with one attached hydrogen (secondary N) is 1. The Morgan fingerprint density at radius 2 is 1.97 bits per heavy atom. The highest BCUT2D eigenvalue weighted by molar-refractivity contribution is 9.10. The SMILES string of the molecule is COc1ccc(Cn2ncc3cc(C(=O)Nc4ccc(Br)cc4F)cnc32)c(OC)c1. The molecule has 1 amide bonds. The van der Waals surface area contributed by atoms with Crippen LogP contribution in [0.25, 0.3) is 11.0 Å². The normalized spacial score (nSPS) is 10.8. The lowest BCUT2D eigenvalue weighted by atomic mass is 10.2. The molecule has 0 aliphatic heterocycles. The number of rotatable bonds is 6. The van der Waals surface area contributed by atoms with Crippen LogP contribution in [0.5, 0.6) is 11.5 Å². The van der Waals surface area contributed by atoms with Crippen molar-refractivity contribution in [1.29, 1.82) is 0 Å². The molecule has 0 saturated carbocycles. The van der Waals surface area contributed by atoms with Gasteiger partial charge in [0.05, 0.1) is 38.2 Å². The lowest BCUT2D eigenvalue weighted by molar-refractivity contribution is 0.102. The number of anilines is 1. The fourth-order valence-corrected chi connectivity index (χ4v) is 3.47. The van der Waals surface area contributed by atoms with Crippen LogP contribution in [0, 0.1) is 5.82 Å². The van der Waals surface area contributed by atoms with E-state index in [0.717, 1.165) is 5.56 Å². The van der Waals surface area contributed by atoms with E-state index in [9.17, 15) is 9.18 Å². The average molecular weight is 485 g/mol. The molecule has 1 N–H and O–H groups in total. The van der Waals surface area contributed by atoms with Crippen LogP contribution in [-0.2, 0) is 6.54 Å².